The molecular formula is C9H6ClNO5. The molecule has 0 spiro atoms. The summed E-state index contributed by atoms with van der Waals surface area (Å²) in [6, 6.07) is 3.52. The highest BCUT2D eigenvalue weighted by Crippen LogP contribution is 2.22. The second-order valence-corrected chi connectivity index (χ2v) is 3.35. The molecule has 0 atom stereocenters. The lowest BCUT2D eigenvalue weighted by atomic mass is 10.1. The van der Waals surface area contributed by atoms with E-state index in [0.29, 0.717) is 0 Å². The van der Waals surface area contributed by atoms with Crippen LogP contribution in [-0.4, -0.2) is 21.8 Å². The molecule has 1 aromatic carbocycles. The summed E-state index contributed by atoms with van der Waals surface area (Å²) in [5.41, 5.74) is -0.110. The number of non-ortho nitro benzene ring substituents is 1. The zero-order valence-electron chi connectivity index (χ0n) is 7.84. The SMILES string of the molecule is O=C(O)C(=O)Cc1cc([N+](=O)[O-])ccc1Cl. The van der Waals surface area contributed by atoms with Gasteiger partial charge in [0.05, 0.1) is 4.92 Å². The quantitative estimate of drug-likeness (QED) is 0.490. The van der Waals surface area contributed by atoms with Crippen LogP contribution in [0.1, 0.15) is 5.56 Å². The highest BCUT2D eigenvalue weighted by molar-refractivity contribution is 6.35. The largest absolute Gasteiger partial charge is 0.475 e. The Morgan fingerprint density at radius 2 is 2.06 bits per heavy atom. The normalized spacial score (nSPS) is 9.81. The molecule has 1 N–H and O–H groups in total. The van der Waals surface area contributed by atoms with Crippen LogP contribution >= 0.6 is 11.6 Å². The minimum absolute atomic E-state index is 0.125. The molecule has 0 unspecified atom stereocenters. The molecular weight excluding hydrogens is 238 g/mol. The van der Waals surface area contributed by atoms with Crippen LogP contribution in [-0.2, 0) is 16.0 Å². The first-order valence-electron chi connectivity index (χ1n) is 4.10. The molecule has 0 radical (unpaired) electrons. The van der Waals surface area contributed by atoms with E-state index in [9.17, 15) is 19.7 Å². The van der Waals surface area contributed by atoms with E-state index >= 15 is 0 Å². The minimum Gasteiger partial charge on any atom is -0.475 e. The Balaban J connectivity index is 3.03. The summed E-state index contributed by atoms with van der Waals surface area (Å²) in [4.78, 5) is 31.0. The van der Waals surface area contributed by atoms with Gasteiger partial charge < -0.3 is 5.11 Å². The molecule has 0 heterocycles. The lowest BCUT2D eigenvalue weighted by Gasteiger charge is -2.01. The minimum atomic E-state index is -1.59. The molecule has 0 aromatic heterocycles. The molecule has 0 saturated heterocycles. The standard InChI is InChI=1S/C9H6ClNO5/c10-7-2-1-6(11(15)16)3-5(7)4-8(12)9(13)14/h1-3H,4H2,(H,13,14). The summed E-state index contributed by atoms with van der Waals surface area (Å²) < 4.78 is 0. The van der Waals surface area contributed by atoms with Crippen LogP contribution in [0.15, 0.2) is 18.2 Å². The van der Waals surface area contributed by atoms with Crippen molar-refractivity contribution in [3.05, 3.63) is 38.9 Å². The van der Waals surface area contributed by atoms with E-state index < -0.39 is 23.1 Å². The number of hydrogen-bond donors (Lipinski definition) is 1. The molecule has 0 amide bonds. The van der Waals surface area contributed by atoms with E-state index in [-0.39, 0.29) is 16.3 Å². The average molecular weight is 244 g/mol. The van der Waals surface area contributed by atoms with E-state index in [1.807, 2.05) is 0 Å². The Morgan fingerprint density at radius 3 is 2.56 bits per heavy atom. The van der Waals surface area contributed by atoms with Crippen molar-refractivity contribution < 1.29 is 19.6 Å². The van der Waals surface area contributed by atoms with E-state index in [1.165, 1.54) is 12.1 Å². The maximum absolute atomic E-state index is 10.9. The molecule has 1 rings (SSSR count). The maximum atomic E-state index is 10.9. The van der Waals surface area contributed by atoms with Gasteiger partial charge in [-0.05, 0) is 11.6 Å². The molecule has 0 aliphatic heterocycles. The van der Waals surface area contributed by atoms with Crippen LogP contribution in [0.4, 0.5) is 5.69 Å². The number of benzene rings is 1. The van der Waals surface area contributed by atoms with Gasteiger partial charge in [-0.25, -0.2) is 4.79 Å². The van der Waals surface area contributed by atoms with E-state index in [1.54, 1.807) is 0 Å². The molecule has 0 bridgehead atoms. The Kier molecular flexibility index (Phi) is 3.57. The number of carbonyl (C=O) groups is 2. The summed E-state index contributed by atoms with van der Waals surface area (Å²) in [6.45, 7) is 0. The van der Waals surface area contributed by atoms with Gasteiger partial charge in [-0.15, -0.1) is 0 Å². The molecule has 16 heavy (non-hydrogen) atoms. The number of nitro benzene ring substituents is 1. The van der Waals surface area contributed by atoms with E-state index in [0.717, 1.165) is 6.07 Å². The Hall–Kier alpha value is -1.95. The number of halogens is 1. The Bertz CT molecular complexity index is 471. The summed E-state index contributed by atoms with van der Waals surface area (Å²) in [5, 5.41) is 19.0. The zero-order chi connectivity index (χ0) is 12.3. The lowest BCUT2D eigenvalue weighted by molar-refractivity contribution is -0.384. The zero-order valence-corrected chi connectivity index (χ0v) is 8.60. The predicted octanol–water partition coefficient (Wildman–Crippen LogP) is 1.44. The number of aliphatic carboxylic acids is 1. The number of carbonyl (C=O) groups excluding carboxylic acids is 1. The summed E-state index contributed by atoms with van der Waals surface area (Å²) in [7, 11) is 0. The van der Waals surface area contributed by atoms with Gasteiger partial charge in [0.15, 0.2) is 0 Å². The number of Topliss-reactive ketones (excluding diaryl/α,β-unsaturated/α-hetero) is 1. The average Bonchev–Trinajstić information content (AvgIpc) is 2.20. The van der Waals surface area contributed by atoms with Gasteiger partial charge in [0, 0.05) is 23.6 Å². The second-order valence-electron chi connectivity index (χ2n) is 2.94. The monoisotopic (exact) mass is 243 g/mol. The predicted molar refractivity (Wildman–Crippen MR) is 54.5 cm³/mol. The topological polar surface area (TPSA) is 97.5 Å². The Labute approximate surface area is 94.6 Å². The van der Waals surface area contributed by atoms with Gasteiger partial charge >= 0.3 is 5.97 Å². The van der Waals surface area contributed by atoms with Crippen molar-refractivity contribution >= 4 is 29.0 Å². The molecule has 1 aromatic rings. The molecule has 0 saturated carbocycles. The van der Waals surface area contributed by atoms with E-state index in [2.05, 4.69) is 0 Å². The molecule has 84 valence electrons. The van der Waals surface area contributed by atoms with Gasteiger partial charge in [-0.1, -0.05) is 11.6 Å². The third-order valence-corrected chi connectivity index (χ3v) is 2.20. The van der Waals surface area contributed by atoms with Crippen LogP contribution in [0, 0.1) is 10.1 Å². The first-order valence-corrected chi connectivity index (χ1v) is 4.48. The van der Waals surface area contributed by atoms with Gasteiger partial charge in [0.25, 0.3) is 5.69 Å². The van der Waals surface area contributed by atoms with Crippen molar-refractivity contribution in [3.8, 4) is 0 Å². The van der Waals surface area contributed by atoms with Crippen molar-refractivity contribution in [2.24, 2.45) is 0 Å². The third-order valence-electron chi connectivity index (χ3n) is 1.83. The van der Waals surface area contributed by atoms with Crippen molar-refractivity contribution in [2.75, 3.05) is 0 Å². The fourth-order valence-corrected chi connectivity index (χ4v) is 1.24. The molecule has 0 fully saturated rings. The van der Waals surface area contributed by atoms with Crippen molar-refractivity contribution in [1.82, 2.24) is 0 Å². The van der Waals surface area contributed by atoms with Crippen molar-refractivity contribution in [3.63, 3.8) is 0 Å². The lowest BCUT2D eigenvalue weighted by Crippen LogP contribution is -2.15. The van der Waals surface area contributed by atoms with Gasteiger partial charge in [0.1, 0.15) is 0 Å². The third kappa shape index (κ3) is 2.77. The summed E-state index contributed by atoms with van der Waals surface area (Å²) >= 11 is 5.68. The van der Waals surface area contributed by atoms with Gasteiger partial charge in [-0.2, -0.15) is 0 Å². The molecule has 6 nitrogen and oxygen atoms in total. The second kappa shape index (κ2) is 4.71. The van der Waals surface area contributed by atoms with Gasteiger partial charge in [-0.3, -0.25) is 14.9 Å². The highest BCUT2D eigenvalue weighted by atomic mass is 35.5. The number of carboxylic acid groups (broad SMARTS) is 1. The fraction of sp³-hybridized carbons (Fsp3) is 0.111. The van der Waals surface area contributed by atoms with Crippen LogP contribution in [0.25, 0.3) is 0 Å². The molecule has 7 heteroatoms. The van der Waals surface area contributed by atoms with Crippen LogP contribution in [0.5, 0.6) is 0 Å². The maximum Gasteiger partial charge on any atom is 0.372 e. The van der Waals surface area contributed by atoms with Crippen LogP contribution in [0.3, 0.4) is 0 Å². The number of ketones is 1. The molecule has 0 aliphatic carbocycles. The number of nitrogens with zero attached hydrogens (tertiary/aromatic N) is 1. The number of carboxylic acids is 1. The molecule has 0 aliphatic rings. The van der Waals surface area contributed by atoms with Crippen LogP contribution < -0.4 is 0 Å². The van der Waals surface area contributed by atoms with Gasteiger partial charge in [0.2, 0.25) is 5.78 Å². The highest BCUT2D eigenvalue weighted by Gasteiger charge is 2.16. The number of nitro groups is 1. The fourth-order valence-electron chi connectivity index (χ4n) is 1.06. The number of rotatable bonds is 4. The first kappa shape index (κ1) is 12.1. The van der Waals surface area contributed by atoms with Crippen LogP contribution in [0.2, 0.25) is 5.02 Å². The summed E-state index contributed by atoms with van der Waals surface area (Å²) in [6.07, 6.45) is -0.462. The Morgan fingerprint density at radius 1 is 1.44 bits per heavy atom. The summed E-state index contributed by atoms with van der Waals surface area (Å²) in [5.74, 6) is -2.66. The number of hydrogen-bond acceptors (Lipinski definition) is 4. The van der Waals surface area contributed by atoms with E-state index in [4.69, 9.17) is 16.7 Å². The smallest absolute Gasteiger partial charge is 0.372 e. The van der Waals surface area contributed by atoms with Crippen molar-refractivity contribution in [2.45, 2.75) is 6.42 Å². The van der Waals surface area contributed by atoms with Crippen molar-refractivity contribution in [1.29, 1.82) is 0 Å². The first-order chi connectivity index (χ1) is 7.41.